The minimum absolute atomic E-state index is 0.176. The van der Waals surface area contributed by atoms with Crippen LogP contribution in [-0.4, -0.2) is 32.9 Å². The lowest BCUT2D eigenvalue weighted by atomic mass is 10.0. The molecule has 1 saturated heterocycles. The van der Waals surface area contributed by atoms with Gasteiger partial charge in [0.1, 0.15) is 5.75 Å². The largest absolute Gasteiger partial charge is 0.496 e. The first-order chi connectivity index (χ1) is 12.8. The number of amides is 2. The summed E-state index contributed by atoms with van der Waals surface area (Å²) in [5, 5.41) is 5.82. The molecule has 1 aliphatic rings. The molecular weight excluding hydrogens is 328 g/mol. The number of urea groups is 1. The number of para-hydroxylation sites is 1. The van der Waals surface area contributed by atoms with E-state index in [0.717, 1.165) is 55.0 Å². The van der Waals surface area contributed by atoms with Crippen molar-refractivity contribution in [3.63, 3.8) is 0 Å². The van der Waals surface area contributed by atoms with Crippen molar-refractivity contribution in [3.05, 3.63) is 48.5 Å². The van der Waals surface area contributed by atoms with Gasteiger partial charge in [0.25, 0.3) is 0 Å². The maximum Gasteiger partial charge on any atom is 0.319 e. The fourth-order valence-corrected chi connectivity index (χ4v) is 3.23. The highest BCUT2D eigenvalue weighted by Gasteiger charge is 2.14. The Morgan fingerprint density at radius 3 is 2.92 bits per heavy atom. The first-order valence-corrected chi connectivity index (χ1v) is 9.12. The minimum Gasteiger partial charge on any atom is -0.496 e. The molecule has 0 aliphatic carbocycles. The molecule has 2 N–H and O–H groups in total. The molecule has 0 spiro atoms. The van der Waals surface area contributed by atoms with Gasteiger partial charge in [-0.2, -0.15) is 0 Å². The first kappa shape index (κ1) is 18.3. The monoisotopic (exact) mass is 354 g/mol. The Balaban J connectivity index is 1.52. The van der Waals surface area contributed by atoms with E-state index in [0.29, 0.717) is 12.5 Å². The SMILES string of the molecule is COc1ccccc1-c1cccc(NC(=O)NCCC[C@@H]2CCOC2)c1. The van der Waals surface area contributed by atoms with Crippen molar-refractivity contribution >= 4 is 11.7 Å². The maximum absolute atomic E-state index is 12.1. The van der Waals surface area contributed by atoms with Gasteiger partial charge >= 0.3 is 6.03 Å². The lowest BCUT2D eigenvalue weighted by molar-refractivity contribution is 0.184. The molecule has 1 heterocycles. The van der Waals surface area contributed by atoms with Crippen LogP contribution in [0.4, 0.5) is 10.5 Å². The zero-order chi connectivity index (χ0) is 18.2. The van der Waals surface area contributed by atoms with Crippen LogP contribution < -0.4 is 15.4 Å². The van der Waals surface area contributed by atoms with Crippen LogP contribution in [0.15, 0.2) is 48.5 Å². The van der Waals surface area contributed by atoms with Gasteiger partial charge in [-0.3, -0.25) is 0 Å². The predicted octanol–water partition coefficient (Wildman–Crippen LogP) is 4.30. The average molecular weight is 354 g/mol. The summed E-state index contributed by atoms with van der Waals surface area (Å²) in [7, 11) is 1.66. The summed E-state index contributed by atoms with van der Waals surface area (Å²) in [4.78, 5) is 12.1. The molecular formula is C21H26N2O3. The van der Waals surface area contributed by atoms with E-state index in [1.165, 1.54) is 0 Å². The molecule has 138 valence electrons. The van der Waals surface area contributed by atoms with Crippen LogP contribution in [0.2, 0.25) is 0 Å². The van der Waals surface area contributed by atoms with E-state index < -0.39 is 0 Å². The second kappa shape index (κ2) is 9.25. The fraction of sp³-hybridized carbons (Fsp3) is 0.381. The zero-order valence-corrected chi connectivity index (χ0v) is 15.2. The molecule has 0 saturated carbocycles. The van der Waals surface area contributed by atoms with Gasteiger partial charge < -0.3 is 20.1 Å². The van der Waals surface area contributed by atoms with E-state index in [1.807, 2.05) is 48.5 Å². The number of nitrogens with one attached hydrogen (secondary N) is 2. The van der Waals surface area contributed by atoms with Gasteiger partial charge in [0, 0.05) is 31.0 Å². The fourth-order valence-electron chi connectivity index (χ4n) is 3.23. The minimum atomic E-state index is -0.176. The number of rotatable bonds is 7. The summed E-state index contributed by atoms with van der Waals surface area (Å²) in [6.45, 7) is 2.41. The summed E-state index contributed by atoms with van der Waals surface area (Å²) in [5.41, 5.74) is 2.76. The summed E-state index contributed by atoms with van der Waals surface area (Å²) in [6.07, 6.45) is 3.22. The Bertz CT molecular complexity index is 727. The summed E-state index contributed by atoms with van der Waals surface area (Å²) >= 11 is 0. The topological polar surface area (TPSA) is 59.6 Å². The summed E-state index contributed by atoms with van der Waals surface area (Å²) in [6, 6.07) is 15.4. The number of methoxy groups -OCH3 is 1. The molecule has 0 radical (unpaired) electrons. The van der Waals surface area contributed by atoms with Crippen molar-refractivity contribution in [1.82, 2.24) is 5.32 Å². The molecule has 5 heteroatoms. The highest BCUT2D eigenvalue weighted by atomic mass is 16.5. The molecule has 0 unspecified atom stereocenters. The van der Waals surface area contributed by atoms with Crippen LogP contribution >= 0.6 is 0 Å². The standard InChI is InChI=1S/C21H26N2O3/c1-25-20-10-3-2-9-19(20)17-7-4-8-18(14-17)23-21(24)22-12-5-6-16-11-13-26-15-16/h2-4,7-10,14,16H,5-6,11-13,15H2,1H3,(H2,22,23,24)/t16-/m1/s1. The molecule has 26 heavy (non-hydrogen) atoms. The average Bonchev–Trinajstić information content (AvgIpc) is 3.19. The Morgan fingerprint density at radius 1 is 1.23 bits per heavy atom. The number of anilines is 1. The molecule has 1 atom stereocenters. The van der Waals surface area contributed by atoms with Gasteiger partial charge in [0.2, 0.25) is 0 Å². The lowest BCUT2D eigenvalue weighted by Gasteiger charge is -2.12. The van der Waals surface area contributed by atoms with Gasteiger partial charge in [0.05, 0.1) is 7.11 Å². The molecule has 5 nitrogen and oxygen atoms in total. The number of hydrogen-bond donors (Lipinski definition) is 2. The number of carbonyl (C=O) groups is 1. The molecule has 0 bridgehead atoms. The van der Waals surface area contributed by atoms with E-state index >= 15 is 0 Å². The van der Waals surface area contributed by atoms with Crippen LogP contribution in [0.25, 0.3) is 11.1 Å². The highest BCUT2D eigenvalue weighted by Crippen LogP contribution is 2.30. The van der Waals surface area contributed by atoms with Crippen molar-refractivity contribution in [2.24, 2.45) is 5.92 Å². The van der Waals surface area contributed by atoms with Crippen molar-refractivity contribution < 1.29 is 14.3 Å². The molecule has 0 aromatic heterocycles. The molecule has 2 aromatic carbocycles. The van der Waals surface area contributed by atoms with Gasteiger partial charge in [-0.1, -0.05) is 30.3 Å². The van der Waals surface area contributed by atoms with E-state index in [9.17, 15) is 4.79 Å². The normalized spacial score (nSPS) is 16.3. The van der Waals surface area contributed by atoms with E-state index in [-0.39, 0.29) is 6.03 Å². The zero-order valence-electron chi connectivity index (χ0n) is 15.2. The van der Waals surface area contributed by atoms with Crippen LogP contribution in [0.5, 0.6) is 5.75 Å². The Labute approximate surface area is 154 Å². The van der Waals surface area contributed by atoms with Gasteiger partial charge in [-0.05, 0) is 48.9 Å². The number of hydrogen-bond acceptors (Lipinski definition) is 3. The quantitative estimate of drug-likeness (QED) is 0.729. The predicted molar refractivity (Wildman–Crippen MR) is 104 cm³/mol. The second-order valence-corrected chi connectivity index (χ2v) is 6.53. The molecule has 2 amide bonds. The number of carbonyl (C=O) groups excluding carboxylic acids is 1. The Morgan fingerprint density at radius 2 is 2.12 bits per heavy atom. The van der Waals surface area contributed by atoms with Crippen molar-refractivity contribution in [1.29, 1.82) is 0 Å². The van der Waals surface area contributed by atoms with Crippen LogP contribution in [0.3, 0.4) is 0 Å². The summed E-state index contributed by atoms with van der Waals surface area (Å²) < 4.78 is 10.8. The van der Waals surface area contributed by atoms with E-state index in [2.05, 4.69) is 10.6 Å². The second-order valence-electron chi connectivity index (χ2n) is 6.53. The molecule has 2 aromatic rings. The Kier molecular flexibility index (Phi) is 6.50. The van der Waals surface area contributed by atoms with Gasteiger partial charge in [-0.25, -0.2) is 4.79 Å². The van der Waals surface area contributed by atoms with Crippen molar-refractivity contribution in [2.75, 3.05) is 32.2 Å². The van der Waals surface area contributed by atoms with Crippen LogP contribution in [0, 0.1) is 5.92 Å². The molecule has 3 rings (SSSR count). The third-order valence-electron chi connectivity index (χ3n) is 4.64. The van der Waals surface area contributed by atoms with Gasteiger partial charge in [-0.15, -0.1) is 0 Å². The molecule has 1 fully saturated rings. The van der Waals surface area contributed by atoms with Crippen molar-refractivity contribution in [2.45, 2.75) is 19.3 Å². The number of benzene rings is 2. The lowest BCUT2D eigenvalue weighted by Crippen LogP contribution is -2.29. The van der Waals surface area contributed by atoms with Crippen LogP contribution in [-0.2, 0) is 4.74 Å². The highest BCUT2D eigenvalue weighted by molar-refractivity contribution is 5.90. The van der Waals surface area contributed by atoms with Crippen molar-refractivity contribution in [3.8, 4) is 16.9 Å². The number of ether oxygens (including phenoxy) is 2. The smallest absolute Gasteiger partial charge is 0.319 e. The van der Waals surface area contributed by atoms with Crippen LogP contribution in [0.1, 0.15) is 19.3 Å². The Hall–Kier alpha value is -2.53. The first-order valence-electron chi connectivity index (χ1n) is 9.12. The van der Waals surface area contributed by atoms with Gasteiger partial charge in [0.15, 0.2) is 0 Å². The maximum atomic E-state index is 12.1. The van der Waals surface area contributed by atoms with E-state index in [1.54, 1.807) is 7.11 Å². The third kappa shape index (κ3) is 4.99. The third-order valence-corrected chi connectivity index (χ3v) is 4.64. The molecule has 1 aliphatic heterocycles. The summed E-state index contributed by atoms with van der Waals surface area (Å²) in [5.74, 6) is 1.46. The van der Waals surface area contributed by atoms with E-state index in [4.69, 9.17) is 9.47 Å².